The molecule has 24 heavy (non-hydrogen) atoms. The van der Waals surface area contributed by atoms with Gasteiger partial charge in [-0.3, -0.25) is 0 Å². The fraction of sp³-hybridized carbons (Fsp3) is 0.125. The molecule has 0 aliphatic carbocycles. The molecule has 3 rings (SSSR count). The van der Waals surface area contributed by atoms with Crippen LogP contribution in [0.1, 0.15) is 5.56 Å². The number of halogens is 5. The van der Waals surface area contributed by atoms with Crippen molar-refractivity contribution < 1.29 is 17.6 Å². The third-order valence-corrected chi connectivity index (χ3v) is 3.72. The van der Waals surface area contributed by atoms with Crippen LogP contribution in [0.3, 0.4) is 0 Å². The monoisotopic (exact) mass is 355 g/mol. The van der Waals surface area contributed by atoms with Crippen molar-refractivity contribution in [3.63, 3.8) is 0 Å². The van der Waals surface area contributed by atoms with Crippen molar-refractivity contribution >= 4 is 11.6 Å². The second-order valence-electron chi connectivity index (χ2n) is 5.03. The Labute approximate surface area is 139 Å². The van der Waals surface area contributed by atoms with E-state index in [0.717, 1.165) is 6.07 Å². The maximum Gasteiger partial charge on any atom is 0.417 e. The van der Waals surface area contributed by atoms with Gasteiger partial charge in [0.25, 0.3) is 0 Å². The SMILES string of the molecule is Cn1nc(-c2cccc(Cl)c2F)nc1-c1ccccc1C(F)(F)F. The highest BCUT2D eigenvalue weighted by Crippen LogP contribution is 2.37. The van der Waals surface area contributed by atoms with Gasteiger partial charge in [-0.15, -0.1) is 0 Å². The van der Waals surface area contributed by atoms with E-state index >= 15 is 0 Å². The summed E-state index contributed by atoms with van der Waals surface area (Å²) in [5.74, 6) is -0.776. The number of aromatic nitrogens is 3. The average Bonchev–Trinajstić information content (AvgIpc) is 2.91. The van der Waals surface area contributed by atoms with Gasteiger partial charge in [0.2, 0.25) is 0 Å². The largest absolute Gasteiger partial charge is 0.417 e. The van der Waals surface area contributed by atoms with Gasteiger partial charge in [-0.25, -0.2) is 14.1 Å². The number of nitrogens with zero attached hydrogens (tertiary/aromatic N) is 3. The number of hydrogen-bond donors (Lipinski definition) is 0. The van der Waals surface area contributed by atoms with Gasteiger partial charge >= 0.3 is 6.18 Å². The van der Waals surface area contributed by atoms with E-state index < -0.39 is 17.6 Å². The molecule has 0 unspecified atom stereocenters. The predicted molar refractivity (Wildman–Crippen MR) is 81.8 cm³/mol. The number of rotatable bonds is 2. The lowest BCUT2D eigenvalue weighted by molar-refractivity contribution is -0.137. The Balaban J connectivity index is 2.17. The molecule has 0 radical (unpaired) electrons. The van der Waals surface area contributed by atoms with Crippen LogP contribution in [0.2, 0.25) is 5.02 Å². The number of hydrogen-bond acceptors (Lipinski definition) is 2. The van der Waals surface area contributed by atoms with E-state index in [9.17, 15) is 17.6 Å². The van der Waals surface area contributed by atoms with Gasteiger partial charge < -0.3 is 0 Å². The summed E-state index contributed by atoms with van der Waals surface area (Å²) in [4.78, 5) is 4.08. The van der Waals surface area contributed by atoms with E-state index in [-0.39, 0.29) is 27.8 Å². The Hall–Kier alpha value is -2.41. The molecule has 0 aliphatic rings. The molecule has 0 saturated heterocycles. The molecule has 3 nitrogen and oxygen atoms in total. The quantitative estimate of drug-likeness (QED) is 0.608. The van der Waals surface area contributed by atoms with E-state index in [1.165, 1.54) is 48.1 Å². The van der Waals surface area contributed by atoms with Crippen molar-refractivity contribution in [1.82, 2.24) is 14.8 Å². The summed E-state index contributed by atoms with van der Waals surface area (Å²) < 4.78 is 54.8. The summed E-state index contributed by atoms with van der Waals surface area (Å²) in [7, 11) is 1.45. The standard InChI is InChI=1S/C16H10ClF4N3/c1-24-15(9-5-2-3-7-11(9)16(19,20)21)22-14(23-24)10-6-4-8-12(17)13(10)18/h2-8H,1H3. The van der Waals surface area contributed by atoms with E-state index in [0.29, 0.717) is 0 Å². The highest BCUT2D eigenvalue weighted by atomic mass is 35.5. The normalized spacial score (nSPS) is 11.8. The number of alkyl halides is 3. The van der Waals surface area contributed by atoms with Gasteiger partial charge in [-0.05, 0) is 18.2 Å². The molecule has 1 aromatic heterocycles. The number of benzene rings is 2. The Bertz CT molecular complexity index is 903. The van der Waals surface area contributed by atoms with Crippen molar-refractivity contribution in [2.45, 2.75) is 6.18 Å². The molecule has 0 bridgehead atoms. The molecular formula is C16H10ClF4N3. The van der Waals surface area contributed by atoms with E-state index in [1.807, 2.05) is 0 Å². The first kappa shape index (κ1) is 16.4. The van der Waals surface area contributed by atoms with E-state index in [2.05, 4.69) is 10.1 Å². The van der Waals surface area contributed by atoms with Crippen molar-refractivity contribution in [2.24, 2.45) is 7.05 Å². The highest BCUT2D eigenvalue weighted by molar-refractivity contribution is 6.31. The molecular weight excluding hydrogens is 346 g/mol. The van der Waals surface area contributed by atoms with Crippen LogP contribution < -0.4 is 0 Å². The first-order valence-corrected chi connectivity index (χ1v) is 7.19. The molecule has 1 heterocycles. The van der Waals surface area contributed by atoms with Crippen molar-refractivity contribution in [3.8, 4) is 22.8 Å². The summed E-state index contributed by atoms with van der Waals surface area (Å²) >= 11 is 5.73. The Morgan fingerprint density at radius 3 is 2.38 bits per heavy atom. The molecule has 0 N–H and O–H groups in total. The smallest absolute Gasteiger partial charge is 0.248 e. The van der Waals surface area contributed by atoms with Crippen molar-refractivity contribution in [3.05, 3.63) is 58.9 Å². The molecule has 0 saturated carbocycles. The lowest BCUT2D eigenvalue weighted by Gasteiger charge is -2.11. The van der Waals surface area contributed by atoms with Crippen LogP contribution in [-0.2, 0) is 13.2 Å². The van der Waals surface area contributed by atoms with Crippen LogP contribution in [0.4, 0.5) is 17.6 Å². The lowest BCUT2D eigenvalue weighted by atomic mass is 10.1. The van der Waals surface area contributed by atoms with Gasteiger partial charge in [0, 0.05) is 12.6 Å². The summed E-state index contributed by atoms with van der Waals surface area (Å²) in [6.07, 6.45) is -4.54. The van der Waals surface area contributed by atoms with E-state index in [1.54, 1.807) is 0 Å². The average molecular weight is 356 g/mol. The fourth-order valence-electron chi connectivity index (χ4n) is 2.33. The molecule has 0 amide bonds. The van der Waals surface area contributed by atoms with Crippen LogP contribution in [0, 0.1) is 5.82 Å². The zero-order valence-electron chi connectivity index (χ0n) is 12.3. The van der Waals surface area contributed by atoms with Gasteiger partial charge in [0.1, 0.15) is 0 Å². The molecule has 0 fully saturated rings. The minimum Gasteiger partial charge on any atom is -0.248 e. The van der Waals surface area contributed by atoms with E-state index in [4.69, 9.17) is 11.6 Å². The zero-order chi connectivity index (χ0) is 17.5. The van der Waals surface area contributed by atoms with Crippen molar-refractivity contribution in [1.29, 1.82) is 0 Å². The van der Waals surface area contributed by atoms with Crippen molar-refractivity contribution in [2.75, 3.05) is 0 Å². The maximum atomic E-state index is 14.1. The van der Waals surface area contributed by atoms with Gasteiger partial charge in [0.15, 0.2) is 17.5 Å². The Kier molecular flexibility index (Phi) is 4.04. The lowest BCUT2D eigenvalue weighted by Crippen LogP contribution is -2.08. The predicted octanol–water partition coefficient (Wildman–Crippen LogP) is 4.96. The second-order valence-corrected chi connectivity index (χ2v) is 5.43. The molecule has 0 atom stereocenters. The van der Waals surface area contributed by atoms with Crippen LogP contribution >= 0.6 is 11.6 Å². The van der Waals surface area contributed by atoms with Gasteiger partial charge in [0.05, 0.1) is 16.1 Å². The molecule has 0 aliphatic heterocycles. The van der Waals surface area contributed by atoms with Gasteiger partial charge in [-0.2, -0.15) is 18.3 Å². The summed E-state index contributed by atoms with van der Waals surface area (Å²) in [5, 5.41) is 3.91. The second kappa shape index (κ2) is 5.90. The van der Waals surface area contributed by atoms with Crippen LogP contribution in [0.25, 0.3) is 22.8 Å². The Morgan fingerprint density at radius 2 is 1.67 bits per heavy atom. The van der Waals surface area contributed by atoms with Crippen LogP contribution in [0.15, 0.2) is 42.5 Å². The molecule has 3 aromatic rings. The molecule has 8 heteroatoms. The topological polar surface area (TPSA) is 30.7 Å². The molecule has 0 spiro atoms. The summed E-state index contributed by atoms with van der Waals surface area (Å²) in [6.45, 7) is 0. The minimum absolute atomic E-state index is 0.0164. The maximum absolute atomic E-state index is 14.1. The first-order chi connectivity index (χ1) is 11.3. The third kappa shape index (κ3) is 2.87. The third-order valence-electron chi connectivity index (χ3n) is 3.43. The van der Waals surface area contributed by atoms with Crippen LogP contribution in [-0.4, -0.2) is 14.8 Å². The summed E-state index contributed by atoms with van der Waals surface area (Å²) in [5.41, 5.74) is -0.943. The van der Waals surface area contributed by atoms with Crippen LogP contribution in [0.5, 0.6) is 0 Å². The minimum atomic E-state index is -4.54. The zero-order valence-corrected chi connectivity index (χ0v) is 13.0. The first-order valence-electron chi connectivity index (χ1n) is 6.81. The van der Waals surface area contributed by atoms with Gasteiger partial charge in [-0.1, -0.05) is 35.9 Å². The molecule has 124 valence electrons. The number of aryl methyl sites for hydroxylation is 1. The summed E-state index contributed by atoms with van der Waals surface area (Å²) in [6, 6.07) is 9.31. The highest BCUT2D eigenvalue weighted by Gasteiger charge is 2.34. The molecule has 2 aromatic carbocycles. The Morgan fingerprint density at radius 1 is 1.00 bits per heavy atom. The fourth-order valence-corrected chi connectivity index (χ4v) is 2.51.